The van der Waals surface area contributed by atoms with Crippen LogP contribution in [0.2, 0.25) is 10.0 Å². The molecule has 0 heterocycles. The lowest BCUT2D eigenvalue weighted by molar-refractivity contribution is 0.981. The summed E-state index contributed by atoms with van der Waals surface area (Å²) in [5.41, 5.74) is 0.930. The number of halogens is 3. The van der Waals surface area contributed by atoms with Crippen molar-refractivity contribution >= 4 is 34.8 Å². The van der Waals surface area contributed by atoms with Gasteiger partial charge in [0.15, 0.2) is 0 Å². The molecule has 0 radical (unpaired) electrons. The van der Waals surface area contributed by atoms with E-state index in [0.717, 1.165) is 5.56 Å². The third-order valence-corrected chi connectivity index (χ3v) is 3.00. The van der Waals surface area contributed by atoms with Crippen LogP contribution >= 0.6 is 34.8 Å². The van der Waals surface area contributed by atoms with Crippen LogP contribution in [0, 0.1) is 0 Å². The molecule has 1 aromatic rings. The van der Waals surface area contributed by atoms with Crippen LogP contribution in [0.25, 0.3) is 0 Å². The van der Waals surface area contributed by atoms with Crippen LogP contribution in [0.4, 0.5) is 0 Å². The second-order valence-electron chi connectivity index (χ2n) is 2.64. The summed E-state index contributed by atoms with van der Waals surface area (Å²) >= 11 is 17.6. The molecule has 0 saturated carbocycles. The molecule has 0 bridgehead atoms. The highest BCUT2D eigenvalue weighted by atomic mass is 35.5. The molecule has 1 unspecified atom stereocenters. The maximum Gasteiger partial charge on any atom is 0.0630 e. The van der Waals surface area contributed by atoms with E-state index in [0.29, 0.717) is 15.9 Å². The Labute approximate surface area is 93.1 Å². The van der Waals surface area contributed by atoms with Crippen LogP contribution in [0.3, 0.4) is 0 Å². The topological polar surface area (TPSA) is 0 Å². The van der Waals surface area contributed by atoms with E-state index in [9.17, 15) is 0 Å². The molecule has 3 heteroatoms. The molecule has 13 heavy (non-hydrogen) atoms. The van der Waals surface area contributed by atoms with Crippen molar-refractivity contribution in [3.8, 4) is 0 Å². The number of hydrogen-bond donors (Lipinski definition) is 0. The van der Waals surface area contributed by atoms with Gasteiger partial charge >= 0.3 is 0 Å². The third-order valence-electron chi connectivity index (χ3n) is 1.83. The Morgan fingerprint density at radius 1 is 1.38 bits per heavy atom. The SMILES string of the molecule is C=CC(CCl)c1cccc(Cl)c1Cl. The molecule has 1 atom stereocenters. The van der Waals surface area contributed by atoms with Gasteiger partial charge in [0.25, 0.3) is 0 Å². The van der Waals surface area contributed by atoms with E-state index in [4.69, 9.17) is 34.8 Å². The second-order valence-corrected chi connectivity index (χ2v) is 3.73. The lowest BCUT2D eigenvalue weighted by atomic mass is 10.0. The molecule has 1 aromatic carbocycles. The summed E-state index contributed by atoms with van der Waals surface area (Å²) in [6, 6.07) is 5.51. The van der Waals surface area contributed by atoms with Gasteiger partial charge in [-0.15, -0.1) is 18.2 Å². The lowest BCUT2D eigenvalue weighted by Gasteiger charge is -2.11. The molecule has 0 nitrogen and oxygen atoms in total. The van der Waals surface area contributed by atoms with Crippen molar-refractivity contribution in [1.29, 1.82) is 0 Å². The van der Waals surface area contributed by atoms with E-state index in [2.05, 4.69) is 6.58 Å². The highest BCUT2D eigenvalue weighted by molar-refractivity contribution is 6.42. The fourth-order valence-corrected chi connectivity index (χ4v) is 1.82. The average molecular weight is 236 g/mol. The maximum absolute atomic E-state index is 6.01. The molecule has 0 fully saturated rings. The summed E-state index contributed by atoms with van der Waals surface area (Å²) in [6.45, 7) is 3.69. The van der Waals surface area contributed by atoms with Crippen LogP contribution in [0.15, 0.2) is 30.9 Å². The molecule has 0 saturated heterocycles. The van der Waals surface area contributed by atoms with Crippen LogP contribution in [0.5, 0.6) is 0 Å². The number of hydrogen-bond acceptors (Lipinski definition) is 0. The van der Waals surface area contributed by atoms with Crippen molar-refractivity contribution in [2.24, 2.45) is 0 Å². The number of benzene rings is 1. The van der Waals surface area contributed by atoms with Gasteiger partial charge in [0.1, 0.15) is 0 Å². The van der Waals surface area contributed by atoms with Crippen molar-refractivity contribution in [2.75, 3.05) is 5.88 Å². The summed E-state index contributed by atoms with van der Waals surface area (Å²) in [5.74, 6) is 0.525. The average Bonchev–Trinajstić information content (AvgIpc) is 2.14. The highest BCUT2D eigenvalue weighted by Gasteiger charge is 2.11. The molecular formula is C10H9Cl3. The first-order chi connectivity index (χ1) is 6.20. The molecule has 0 aliphatic carbocycles. The van der Waals surface area contributed by atoms with E-state index in [1.165, 1.54) is 0 Å². The molecule has 0 aliphatic rings. The Bertz CT molecular complexity index is 307. The molecule has 0 aliphatic heterocycles. The Balaban J connectivity index is 3.13. The predicted molar refractivity (Wildman–Crippen MR) is 60.1 cm³/mol. The number of allylic oxidation sites excluding steroid dienone is 1. The van der Waals surface area contributed by atoms with Gasteiger partial charge in [-0.25, -0.2) is 0 Å². The zero-order valence-corrected chi connectivity index (χ0v) is 9.20. The Hall–Kier alpha value is -0.170. The summed E-state index contributed by atoms with van der Waals surface area (Å²) in [7, 11) is 0. The summed E-state index contributed by atoms with van der Waals surface area (Å²) < 4.78 is 0. The van der Waals surface area contributed by atoms with E-state index >= 15 is 0 Å². The molecule has 70 valence electrons. The smallest absolute Gasteiger partial charge is 0.0630 e. The van der Waals surface area contributed by atoms with Crippen LogP contribution < -0.4 is 0 Å². The molecule has 1 rings (SSSR count). The second kappa shape index (κ2) is 4.90. The largest absolute Gasteiger partial charge is 0.126 e. The minimum atomic E-state index is 0.0628. The van der Waals surface area contributed by atoms with Crippen LogP contribution in [-0.2, 0) is 0 Å². The lowest BCUT2D eigenvalue weighted by Crippen LogP contribution is -1.97. The zero-order chi connectivity index (χ0) is 9.84. The molecule has 0 amide bonds. The van der Waals surface area contributed by atoms with E-state index in [1.54, 1.807) is 12.1 Å². The fourth-order valence-electron chi connectivity index (χ4n) is 1.08. The van der Waals surface area contributed by atoms with E-state index in [-0.39, 0.29) is 5.92 Å². The van der Waals surface area contributed by atoms with Crippen LogP contribution in [0.1, 0.15) is 11.5 Å². The van der Waals surface area contributed by atoms with Gasteiger partial charge in [0.2, 0.25) is 0 Å². The molecule has 0 N–H and O–H groups in total. The minimum Gasteiger partial charge on any atom is -0.126 e. The molecular weight excluding hydrogens is 226 g/mol. The Kier molecular flexibility index (Phi) is 4.11. The Morgan fingerprint density at radius 2 is 2.08 bits per heavy atom. The molecule has 0 spiro atoms. The number of rotatable bonds is 3. The van der Waals surface area contributed by atoms with Gasteiger partial charge < -0.3 is 0 Å². The van der Waals surface area contributed by atoms with Crippen molar-refractivity contribution < 1.29 is 0 Å². The quantitative estimate of drug-likeness (QED) is 0.534. The Morgan fingerprint density at radius 3 is 2.62 bits per heavy atom. The van der Waals surface area contributed by atoms with Crippen molar-refractivity contribution in [3.63, 3.8) is 0 Å². The highest BCUT2D eigenvalue weighted by Crippen LogP contribution is 2.31. The van der Waals surface area contributed by atoms with Gasteiger partial charge in [-0.1, -0.05) is 41.4 Å². The fraction of sp³-hybridized carbons (Fsp3) is 0.200. The van der Waals surface area contributed by atoms with Crippen LogP contribution in [-0.4, -0.2) is 5.88 Å². The maximum atomic E-state index is 6.01. The van der Waals surface area contributed by atoms with Gasteiger partial charge in [-0.2, -0.15) is 0 Å². The first-order valence-corrected chi connectivity index (χ1v) is 5.12. The summed E-state index contributed by atoms with van der Waals surface area (Å²) in [4.78, 5) is 0. The van der Waals surface area contributed by atoms with Gasteiger partial charge in [0.05, 0.1) is 10.0 Å². The standard InChI is InChI=1S/C10H9Cl3/c1-2-7(6-11)8-4-3-5-9(12)10(8)13/h2-5,7H,1,6H2. The number of alkyl halides is 1. The van der Waals surface area contributed by atoms with Gasteiger partial charge in [-0.3, -0.25) is 0 Å². The first-order valence-electron chi connectivity index (χ1n) is 3.83. The predicted octanol–water partition coefficient (Wildman–Crippen LogP) is 4.50. The minimum absolute atomic E-state index is 0.0628. The van der Waals surface area contributed by atoms with E-state index in [1.807, 2.05) is 12.1 Å². The normalized spacial score (nSPS) is 12.5. The summed E-state index contributed by atoms with van der Waals surface area (Å²) in [6.07, 6.45) is 1.77. The molecule has 0 aromatic heterocycles. The van der Waals surface area contributed by atoms with Gasteiger partial charge in [0, 0.05) is 11.8 Å². The monoisotopic (exact) mass is 234 g/mol. The van der Waals surface area contributed by atoms with Gasteiger partial charge in [-0.05, 0) is 11.6 Å². The zero-order valence-electron chi connectivity index (χ0n) is 6.93. The van der Waals surface area contributed by atoms with Crippen molar-refractivity contribution in [1.82, 2.24) is 0 Å². The summed E-state index contributed by atoms with van der Waals surface area (Å²) in [5, 5.41) is 1.12. The van der Waals surface area contributed by atoms with E-state index < -0.39 is 0 Å². The third kappa shape index (κ3) is 2.40. The van der Waals surface area contributed by atoms with Crippen molar-refractivity contribution in [3.05, 3.63) is 46.5 Å². The van der Waals surface area contributed by atoms with Crippen molar-refractivity contribution in [2.45, 2.75) is 5.92 Å². The first kappa shape index (κ1) is 10.9.